The number of aromatic nitrogens is 2. The molecule has 0 bridgehead atoms. The van der Waals surface area contributed by atoms with Crippen molar-refractivity contribution >= 4 is 17.4 Å². The third kappa shape index (κ3) is 3.76. The molecule has 0 fully saturated rings. The molecule has 0 aliphatic rings. The van der Waals surface area contributed by atoms with Gasteiger partial charge >= 0.3 is 0 Å². The summed E-state index contributed by atoms with van der Waals surface area (Å²) in [6, 6.07) is 6.53. The van der Waals surface area contributed by atoms with Crippen LogP contribution in [0.3, 0.4) is 0 Å². The molecule has 0 amide bonds. The van der Waals surface area contributed by atoms with Crippen molar-refractivity contribution in [2.24, 2.45) is 0 Å². The molecule has 8 heteroatoms. The number of rotatable bonds is 5. The Kier molecular flexibility index (Phi) is 5.13. The van der Waals surface area contributed by atoms with Gasteiger partial charge in [0.15, 0.2) is 0 Å². The summed E-state index contributed by atoms with van der Waals surface area (Å²) in [7, 11) is 1.51. The first-order valence-corrected chi connectivity index (χ1v) is 7.64. The summed E-state index contributed by atoms with van der Waals surface area (Å²) in [5, 5.41) is 20.7. The number of benzene rings is 1. The summed E-state index contributed by atoms with van der Waals surface area (Å²) >= 11 is 1.33. The first kappa shape index (κ1) is 16.7. The fraction of sp³-hybridized carbons (Fsp3) is 0.267. The third-order valence-electron chi connectivity index (χ3n) is 3.12. The maximum Gasteiger partial charge on any atom is 0.270 e. The molecule has 7 nitrogen and oxygen atoms in total. The van der Waals surface area contributed by atoms with Crippen LogP contribution < -0.4 is 4.74 Å². The molecule has 0 saturated carbocycles. The average molecular weight is 330 g/mol. The first-order valence-electron chi connectivity index (χ1n) is 6.65. The lowest BCUT2D eigenvalue weighted by Crippen LogP contribution is -2.00. The SMILES string of the molecule is COc1ccc([N+](=O)[O-])cc1CSc1nc(C)nc(C)c1C#N. The lowest BCUT2D eigenvalue weighted by atomic mass is 10.2. The fourth-order valence-electron chi connectivity index (χ4n) is 2.05. The van der Waals surface area contributed by atoms with Crippen molar-refractivity contribution in [3.63, 3.8) is 0 Å². The fourth-order valence-corrected chi connectivity index (χ4v) is 3.10. The maximum absolute atomic E-state index is 10.9. The van der Waals surface area contributed by atoms with Crippen molar-refractivity contribution in [2.45, 2.75) is 24.6 Å². The second-order valence-corrected chi connectivity index (χ2v) is 5.65. The van der Waals surface area contributed by atoms with Crippen LogP contribution in [0, 0.1) is 35.3 Å². The third-order valence-corrected chi connectivity index (χ3v) is 4.14. The molecular formula is C15H14N4O3S. The number of ether oxygens (including phenoxy) is 1. The molecule has 118 valence electrons. The molecule has 0 unspecified atom stereocenters. The van der Waals surface area contributed by atoms with Gasteiger partial charge < -0.3 is 4.74 Å². The van der Waals surface area contributed by atoms with E-state index in [9.17, 15) is 15.4 Å². The summed E-state index contributed by atoms with van der Waals surface area (Å²) in [5.41, 5.74) is 1.71. The number of thioether (sulfide) groups is 1. The molecule has 23 heavy (non-hydrogen) atoms. The highest BCUT2D eigenvalue weighted by atomic mass is 32.2. The Morgan fingerprint density at radius 3 is 2.74 bits per heavy atom. The second kappa shape index (κ2) is 7.07. The Labute approximate surface area is 137 Å². The first-order chi connectivity index (χ1) is 11.0. The number of nitrogens with zero attached hydrogens (tertiary/aromatic N) is 4. The number of hydrogen-bond donors (Lipinski definition) is 0. The van der Waals surface area contributed by atoms with Crippen LogP contribution in [0.4, 0.5) is 5.69 Å². The molecule has 0 saturated heterocycles. The minimum absolute atomic E-state index is 0.00282. The molecule has 1 aromatic heterocycles. The van der Waals surface area contributed by atoms with Crippen molar-refractivity contribution in [1.82, 2.24) is 9.97 Å². The second-order valence-electron chi connectivity index (χ2n) is 4.69. The van der Waals surface area contributed by atoms with E-state index in [0.717, 1.165) is 0 Å². The standard InChI is InChI=1S/C15H14N4O3S/c1-9-13(7-16)15(18-10(2)17-9)23-8-11-6-12(19(20)21)4-5-14(11)22-3/h4-6H,8H2,1-3H3. The average Bonchev–Trinajstić information content (AvgIpc) is 2.52. The molecule has 0 N–H and O–H groups in total. The molecule has 0 radical (unpaired) electrons. The van der Waals surface area contributed by atoms with Crippen LogP contribution in [0.2, 0.25) is 0 Å². The van der Waals surface area contributed by atoms with E-state index in [0.29, 0.717) is 39.2 Å². The summed E-state index contributed by atoms with van der Waals surface area (Å²) in [5.74, 6) is 1.54. The van der Waals surface area contributed by atoms with Crippen molar-refractivity contribution in [3.8, 4) is 11.8 Å². The van der Waals surface area contributed by atoms with E-state index in [1.54, 1.807) is 19.9 Å². The molecule has 2 aromatic rings. The van der Waals surface area contributed by atoms with E-state index in [1.807, 2.05) is 0 Å². The highest BCUT2D eigenvalue weighted by Crippen LogP contribution is 2.31. The predicted molar refractivity (Wildman–Crippen MR) is 85.4 cm³/mol. The summed E-state index contributed by atoms with van der Waals surface area (Å²) in [6.07, 6.45) is 0. The van der Waals surface area contributed by atoms with E-state index in [-0.39, 0.29) is 5.69 Å². The van der Waals surface area contributed by atoms with Gasteiger partial charge in [-0.2, -0.15) is 5.26 Å². The van der Waals surface area contributed by atoms with E-state index in [4.69, 9.17) is 4.74 Å². The van der Waals surface area contributed by atoms with Gasteiger partial charge in [-0.05, 0) is 19.9 Å². The molecule has 0 atom stereocenters. The smallest absolute Gasteiger partial charge is 0.270 e. The van der Waals surface area contributed by atoms with Crippen LogP contribution in [-0.2, 0) is 5.75 Å². The van der Waals surface area contributed by atoms with Crippen LogP contribution in [0.15, 0.2) is 23.2 Å². The van der Waals surface area contributed by atoms with Crippen molar-refractivity contribution < 1.29 is 9.66 Å². The molecular weight excluding hydrogens is 316 g/mol. The van der Waals surface area contributed by atoms with Crippen LogP contribution in [0.5, 0.6) is 5.75 Å². The predicted octanol–water partition coefficient (Wildman–Crippen LogP) is 3.17. The Morgan fingerprint density at radius 1 is 1.39 bits per heavy atom. The monoisotopic (exact) mass is 330 g/mol. The van der Waals surface area contributed by atoms with Gasteiger partial charge in [0.2, 0.25) is 0 Å². The van der Waals surface area contributed by atoms with Gasteiger partial charge in [-0.1, -0.05) is 0 Å². The number of hydrogen-bond acceptors (Lipinski definition) is 7. The number of nitro benzene ring substituents is 1. The molecule has 1 aromatic carbocycles. The number of methoxy groups -OCH3 is 1. The van der Waals surface area contributed by atoms with Crippen molar-refractivity contribution in [1.29, 1.82) is 5.26 Å². The molecule has 0 spiro atoms. The summed E-state index contributed by atoms with van der Waals surface area (Å²) in [4.78, 5) is 18.9. The zero-order valence-corrected chi connectivity index (χ0v) is 13.7. The summed E-state index contributed by atoms with van der Waals surface area (Å²) < 4.78 is 5.24. The lowest BCUT2D eigenvalue weighted by Gasteiger charge is -2.09. The van der Waals surface area contributed by atoms with E-state index < -0.39 is 4.92 Å². The zero-order valence-electron chi connectivity index (χ0n) is 12.9. The molecule has 2 rings (SSSR count). The van der Waals surface area contributed by atoms with Crippen LogP contribution >= 0.6 is 11.8 Å². The highest BCUT2D eigenvalue weighted by molar-refractivity contribution is 7.98. The van der Waals surface area contributed by atoms with Gasteiger partial charge in [-0.15, -0.1) is 11.8 Å². The minimum atomic E-state index is -0.451. The number of non-ortho nitro benzene ring substituents is 1. The highest BCUT2D eigenvalue weighted by Gasteiger charge is 2.15. The van der Waals surface area contributed by atoms with E-state index in [2.05, 4.69) is 16.0 Å². The van der Waals surface area contributed by atoms with Gasteiger partial charge in [-0.3, -0.25) is 10.1 Å². The van der Waals surface area contributed by atoms with Crippen LogP contribution in [-0.4, -0.2) is 22.0 Å². The zero-order chi connectivity index (χ0) is 17.0. The quantitative estimate of drug-likeness (QED) is 0.359. The number of nitro groups is 1. The van der Waals surface area contributed by atoms with Crippen molar-refractivity contribution in [3.05, 3.63) is 51.0 Å². The van der Waals surface area contributed by atoms with Crippen LogP contribution in [0.1, 0.15) is 22.6 Å². The minimum Gasteiger partial charge on any atom is -0.496 e. The summed E-state index contributed by atoms with van der Waals surface area (Å²) in [6.45, 7) is 3.51. The Hall–Kier alpha value is -2.66. The molecule has 1 heterocycles. The van der Waals surface area contributed by atoms with E-state index >= 15 is 0 Å². The molecule has 0 aliphatic heterocycles. The van der Waals surface area contributed by atoms with Gasteiger partial charge in [0.25, 0.3) is 5.69 Å². The normalized spacial score (nSPS) is 10.2. The largest absolute Gasteiger partial charge is 0.496 e. The van der Waals surface area contributed by atoms with Gasteiger partial charge in [0, 0.05) is 23.4 Å². The molecule has 0 aliphatic carbocycles. The Bertz CT molecular complexity index is 802. The Morgan fingerprint density at radius 2 is 2.13 bits per heavy atom. The maximum atomic E-state index is 10.9. The van der Waals surface area contributed by atoms with Crippen molar-refractivity contribution in [2.75, 3.05) is 7.11 Å². The van der Waals surface area contributed by atoms with E-state index in [1.165, 1.54) is 31.0 Å². The van der Waals surface area contributed by atoms with Gasteiger partial charge in [0.05, 0.1) is 17.7 Å². The van der Waals surface area contributed by atoms with Gasteiger partial charge in [0.1, 0.15) is 28.2 Å². The Balaban J connectivity index is 2.33. The van der Waals surface area contributed by atoms with Gasteiger partial charge in [-0.25, -0.2) is 9.97 Å². The topological polar surface area (TPSA) is 102 Å². The lowest BCUT2D eigenvalue weighted by molar-refractivity contribution is -0.384. The number of aryl methyl sites for hydroxylation is 2. The van der Waals surface area contributed by atoms with Crippen LogP contribution in [0.25, 0.3) is 0 Å². The number of nitriles is 1.